The monoisotopic (exact) mass is 364 g/mol. The van der Waals surface area contributed by atoms with Gasteiger partial charge in [-0.15, -0.1) is 0 Å². The number of aromatic amines is 1. The van der Waals surface area contributed by atoms with Gasteiger partial charge >= 0.3 is 0 Å². The highest BCUT2D eigenvalue weighted by molar-refractivity contribution is 5.66. The molecule has 0 saturated heterocycles. The zero-order valence-corrected chi connectivity index (χ0v) is 14.8. The predicted octanol–water partition coefficient (Wildman–Crippen LogP) is 2.22. The average Bonchev–Trinajstić information content (AvgIpc) is 2.66. The largest absolute Gasteiger partial charge is 0.504 e. The highest BCUT2D eigenvalue weighted by Crippen LogP contribution is 2.24. The number of aryl methyl sites for hydroxylation is 1. The molecule has 2 heterocycles. The van der Waals surface area contributed by atoms with Gasteiger partial charge in [-0.2, -0.15) is 5.26 Å². The van der Waals surface area contributed by atoms with Gasteiger partial charge in [0, 0.05) is 23.7 Å². The Balaban J connectivity index is 0.000000208. The quantitative estimate of drug-likeness (QED) is 0.526. The molecular weight excluding hydrogens is 344 g/mol. The number of nitriles is 1. The van der Waals surface area contributed by atoms with Crippen molar-refractivity contribution in [2.45, 2.75) is 13.3 Å². The Bertz CT molecular complexity index is 1010. The first-order valence-corrected chi connectivity index (χ1v) is 8.21. The number of phenols is 2. The maximum atomic E-state index is 11.4. The summed E-state index contributed by atoms with van der Waals surface area (Å²) in [7, 11) is 0. The molecule has 0 bridgehead atoms. The number of rotatable bonds is 3. The summed E-state index contributed by atoms with van der Waals surface area (Å²) >= 11 is 0. The van der Waals surface area contributed by atoms with Gasteiger partial charge in [-0.3, -0.25) is 9.78 Å². The normalized spacial score (nSPS) is 9.81. The lowest BCUT2D eigenvalue weighted by Crippen LogP contribution is -2.11. The van der Waals surface area contributed by atoms with E-state index in [2.05, 4.69) is 9.97 Å². The predicted molar refractivity (Wildman–Crippen MR) is 102 cm³/mol. The Morgan fingerprint density at radius 1 is 1.15 bits per heavy atom. The number of aromatic hydroxyl groups is 2. The van der Waals surface area contributed by atoms with E-state index in [0.29, 0.717) is 13.0 Å². The summed E-state index contributed by atoms with van der Waals surface area (Å²) in [4.78, 5) is 17.9. The van der Waals surface area contributed by atoms with Crippen LogP contribution >= 0.6 is 0 Å². The number of H-pyrrole nitrogens is 1. The lowest BCUT2D eigenvalue weighted by molar-refractivity contribution is 0.403. The van der Waals surface area contributed by atoms with E-state index >= 15 is 0 Å². The fraction of sp³-hybridized carbons (Fsp3) is 0.150. The van der Waals surface area contributed by atoms with Crippen molar-refractivity contribution in [3.63, 3.8) is 0 Å². The average molecular weight is 364 g/mol. The number of hydrogen-bond acceptors (Lipinski definition) is 6. The molecule has 0 aliphatic heterocycles. The van der Waals surface area contributed by atoms with Gasteiger partial charge in [-0.25, -0.2) is 0 Å². The molecule has 138 valence electrons. The van der Waals surface area contributed by atoms with Crippen molar-refractivity contribution in [2.24, 2.45) is 5.73 Å². The van der Waals surface area contributed by atoms with Gasteiger partial charge in [-0.05, 0) is 61.3 Å². The minimum Gasteiger partial charge on any atom is -0.504 e. The molecule has 0 spiro atoms. The highest BCUT2D eigenvalue weighted by atomic mass is 16.3. The van der Waals surface area contributed by atoms with Crippen molar-refractivity contribution in [3.8, 4) is 28.7 Å². The number of nitrogens with two attached hydrogens (primary N) is 1. The maximum Gasteiger partial charge on any atom is 0.266 e. The third-order valence-electron chi connectivity index (χ3n) is 3.82. The summed E-state index contributed by atoms with van der Waals surface area (Å²) in [5.74, 6) is -0.179. The van der Waals surface area contributed by atoms with Gasteiger partial charge in [0.1, 0.15) is 11.6 Å². The Morgan fingerprint density at radius 2 is 1.85 bits per heavy atom. The number of benzene rings is 1. The highest BCUT2D eigenvalue weighted by Gasteiger charge is 2.06. The van der Waals surface area contributed by atoms with E-state index in [1.807, 2.05) is 18.2 Å². The number of nitrogens with one attached hydrogen (secondary N) is 1. The smallest absolute Gasteiger partial charge is 0.266 e. The number of nitrogens with zero attached hydrogens (tertiary/aromatic N) is 2. The summed E-state index contributed by atoms with van der Waals surface area (Å²) in [6.07, 6.45) is 4.06. The van der Waals surface area contributed by atoms with Crippen LogP contribution in [0.25, 0.3) is 11.1 Å². The van der Waals surface area contributed by atoms with Crippen LogP contribution in [0.4, 0.5) is 0 Å². The molecular formula is C20H20N4O3. The van der Waals surface area contributed by atoms with Crippen LogP contribution in [-0.2, 0) is 6.42 Å². The lowest BCUT2D eigenvalue weighted by Gasteiger charge is -2.05. The Labute approximate surface area is 156 Å². The molecule has 0 atom stereocenters. The van der Waals surface area contributed by atoms with E-state index in [1.54, 1.807) is 31.5 Å². The van der Waals surface area contributed by atoms with Crippen molar-refractivity contribution in [1.29, 1.82) is 5.26 Å². The summed E-state index contributed by atoms with van der Waals surface area (Å²) in [5, 5.41) is 26.8. The fourth-order valence-corrected chi connectivity index (χ4v) is 2.43. The molecule has 0 radical (unpaired) electrons. The number of aromatic nitrogens is 2. The second-order valence-electron chi connectivity index (χ2n) is 5.76. The molecule has 0 aliphatic rings. The van der Waals surface area contributed by atoms with Crippen LogP contribution < -0.4 is 11.3 Å². The van der Waals surface area contributed by atoms with Gasteiger partial charge < -0.3 is 20.9 Å². The topological polar surface area (TPSA) is 136 Å². The molecule has 3 aromatic rings. The third-order valence-corrected chi connectivity index (χ3v) is 3.82. The second-order valence-corrected chi connectivity index (χ2v) is 5.76. The summed E-state index contributed by atoms with van der Waals surface area (Å²) in [6.45, 7) is 2.35. The van der Waals surface area contributed by atoms with Crippen molar-refractivity contribution in [1.82, 2.24) is 9.97 Å². The third kappa shape index (κ3) is 5.17. The maximum absolute atomic E-state index is 11.4. The van der Waals surface area contributed by atoms with Gasteiger partial charge in [0.05, 0.1) is 0 Å². The molecule has 0 unspecified atom stereocenters. The van der Waals surface area contributed by atoms with Crippen LogP contribution in [-0.4, -0.2) is 26.7 Å². The van der Waals surface area contributed by atoms with Crippen LogP contribution in [0.15, 0.2) is 53.6 Å². The van der Waals surface area contributed by atoms with Crippen LogP contribution in [0.5, 0.6) is 11.5 Å². The van der Waals surface area contributed by atoms with Crippen molar-refractivity contribution in [3.05, 3.63) is 76.0 Å². The van der Waals surface area contributed by atoms with Crippen LogP contribution in [0, 0.1) is 18.3 Å². The molecule has 0 amide bonds. The van der Waals surface area contributed by atoms with Crippen molar-refractivity contribution in [2.75, 3.05) is 6.54 Å². The van der Waals surface area contributed by atoms with E-state index in [4.69, 9.17) is 21.2 Å². The van der Waals surface area contributed by atoms with Crippen LogP contribution in [0.3, 0.4) is 0 Å². The molecule has 7 nitrogen and oxygen atoms in total. The Morgan fingerprint density at radius 3 is 2.44 bits per heavy atom. The molecule has 27 heavy (non-hydrogen) atoms. The van der Waals surface area contributed by atoms with Crippen molar-refractivity contribution >= 4 is 0 Å². The van der Waals surface area contributed by atoms with Crippen molar-refractivity contribution < 1.29 is 10.2 Å². The zero-order valence-electron chi connectivity index (χ0n) is 14.8. The van der Waals surface area contributed by atoms with E-state index in [9.17, 15) is 4.79 Å². The lowest BCUT2D eigenvalue weighted by atomic mass is 10.0. The molecule has 2 aromatic heterocycles. The zero-order chi connectivity index (χ0) is 19.8. The van der Waals surface area contributed by atoms with Gasteiger partial charge in [0.15, 0.2) is 11.5 Å². The summed E-state index contributed by atoms with van der Waals surface area (Å²) < 4.78 is 0. The summed E-state index contributed by atoms with van der Waals surface area (Å²) in [5.41, 5.74) is 8.53. The SMILES string of the molecule is Cc1[nH]c(=O)c(C#N)cc1-c1ccncc1.NCCc1ccc(O)c(O)c1. The van der Waals surface area contributed by atoms with Gasteiger partial charge in [-0.1, -0.05) is 6.07 Å². The minimum absolute atomic E-state index is 0.0871. The Kier molecular flexibility index (Phi) is 6.69. The first kappa shape index (κ1) is 19.7. The molecule has 0 saturated carbocycles. The molecule has 1 aromatic carbocycles. The van der Waals surface area contributed by atoms with Gasteiger partial charge in [0.2, 0.25) is 0 Å². The van der Waals surface area contributed by atoms with E-state index in [1.165, 1.54) is 12.1 Å². The van der Waals surface area contributed by atoms with E-state index in [-0.39, 0.29) is 22.6 Å². The van der Waals surface area contributed by atoms with Gasteiger partial charge in [0.25, 0.3) is 5.56 Å². The fourth-order valence-electron chi connectivity index (χ4n) is 2.43. The number of hydrogen-bond donors (Lipinski definition) is 4. The molecule has 5 N–H and O–H groups in total. The molecule has 0 aliphatic carbocycles. The standard InChI is InChI=1S/C12H9N3O.C8H11NO2/c1-8-11(9-2-4-14-5-3-9)6-10(7-13)12(16)15-8;9-4-3-6-1-2-7(10)8(11)5-6/h2-6H,1H3,(H,15,16);1-2,5,10-11H,3-4,9H2. The number of phenolic OH excluding ortho intramolecular Hbond substituents is 2. The second kappa shape index (κ2) is 9.17. The first-order valence-electron chi connectivity index (χ1n) is 8.21. The van der Waals surface area contributed by atoms with E-state index < -0.39 is 0 Å². The van der Waals surface area contributed by atoms with Crippen LogP contribution in [0.1, 0.15) is 16.8 Å². The number of pyridine rings is 2. The summed E-state index contributed by atoms with van der Waals surface area (Å²) in [6, 6.07) is 11.9. The van der Waals surface area contributed by atoms with Crippen LogP contribution in [0.2, 0.25) is 0 Å². The Hall–Kier alpha value is -3.63. The molecule has 0 fully saturated rings. The van der Waals surface area contributed by atoms with E-state index in [0.717, 1.165) is 22.4 Å². The minimum atomic E-state index is -0.349. The molecule has 7 heteroatoms. The molecule has 3 rings (SSSR count). The first-order chi connectivity index (χ1) is 13.0.